The number of aromatic nitrogens is 1. The lowest BCUT2D eigenvalue weighted by atomic mass is 9.90. The zero-order valence-electron chi connectivity index (χ0n) is 11.0. The molecule has 0 aliphatic carbocycles. The summed E-state index contributed by atoms with van der Waals surface area (Å²) in [5, 5.41) is 15.8. The maximum Gasteiger partial charge on any atom is 0.315 e. The highest BCUT2D eigenvalue weighted by atomic mass is 32.2. The van der Waals surface area contributed by atoms with Crippen molar-refractivity contribution in [1.29, 1.82) is 0 Å². The molecule has 2 N–H and O–H groups in total. The minimum atomic E-state index is -0.925. The van der Waals surface area contributed by atoms with Crippen molar-refractivity contribution in [3.05, 3.63) is 11.1 Å². The fourth-order valence-corrected chi connectivity index (χ4v) is 5.11. The largest absolute Gasteiger partial charge is 0.481 e. The maximum atomic E-state index is 11.2. The number of thiazole rings is 1. The highest BCUT2D eigenvalue weighted by Crippen LogP contribution is 2.28. The molecule has 1 aliphatic heterocycles. The van der Waals surface area contributed by atoms with E-state index in [0.29, 0.717) is 10.9 Å². The van der Waals surface area contributed by atoms with Crippen molar-refractivity contribution in [3.63, 3.8) is 0 Å². The summed E-state index contributed by atoms with van der Waals surface area (Å²) in [5.41, 5.74) is -0.301. The lowest BCUT2D eigenvalue weighted by Crippen LogP contribution is -2.29. The van der Waals surface area contributed by atoms with Crippen LogP contribution in [0.2, 0.25) is 0 Å². The number of aliphatic carboxylic acids is 1. The van der Waals surface area contributed by atoms with Gasteiger partial charge in [-0.1, -0.05) is 0 Å². The Morgan fingerprint density at radius 1 is 1.58 bits per heavy atom. The summed E-state index contributed by atoms with van der Waals surface area (Å²) in [7, 11) is 0. The van der Waals surface area contributed by atoms with Crippen molar-refractivity contribution in [3.8, 4) is 0 Å². The van der Waals surface area contributed by atoms with Crippen LogP contribution in [0.4, 0.5) is 5.13 Å². The Balaban J connectivity index is 1.92. The van der Waals surface area contributed by atoms with E-state index in [4.69, 9.17) is 0 Å². The molecule has 1 aromatic rings. The molecule has 0 bridgehead atoms. The fraction of sp³-hybridized carbons (Fsp3) is 0.667. The van der Waals surface area contributed by atoms with Crippen LogP contribution in [0.5, 0.6) is 0 Å². The number of anilines is 1. The molecule has 1 aliphatic rings. The molecule has 0 amide bonds. The summed E-state index contributed by atoms with van der Waals surface area (Å²) in [6.45, 7) is 4.27. The van der Waals surface area contributed by atoms with Crippen LogP contribution in [0.3, 0.4) is 0 Å². The second-order valence-corrected chi connectivity index (χ2v) is 8.33. The number of nitrogens with one attached hydrogen (secondary N) is 1. The third-order valence-corrected chi connectivity index (χ3v) is 6.69. The molecule has 0 spiro atoms. The topological polar surface area (TPSA) is 62.2 Å². The van der Waals surface area contributed by atoms with Crippen molar-refractivity contribution in [2.75, 3.05) is 29.1 Å². The molecule has 1 aromatic heterocycles. The van der Waals surface area contributed by atoms with E-state index >= 15 is 0 Å². The van der Waals surface area contributed by atoms with Crippen LogP contribution in [0, 0.1) is 0 Å². The minimum absolute atomic E-state index is 0.623. The van der Waals surface area contributed by atoms with Gasteiger partial charge in [-0.25, -0.2) is 4.98 Å². The molecule has 7 heteroatoms. The number of hydrogen-bond donors (Lipinski definition) is 2. The number of hydrogen-bond acceptors (Lipinski definition) is 6. The van der Waals surface area contributed by atoms with Gasteiger partial charge >= 0.3 is 5.97 Å². The van der Waals surface area contributed by atoms with E-state index in [1.54, 1.807) is 13.8 Å². The van der Waals surface area contributed by atoms with Gasteiger partial charge in [0.1, 0.15) is 5.41 Å². The van der Waals surface area contributed by atoms with E-state index < -0.39 is 11.4 Å². The predicted octanol–water partition coefficient (Wildman–Crippen LogP) is 2.77. The number of carboxylic acids is 1. The molecule has 2 rings (SSSR count). The Morgan fingerprint density at radius 2 is 2.37 bits per heavy atom. The van der Waals surface area contributed by atoms with Gasteiger partial charge in [0.05, 0.1) is 5.69 Å². The van der Waals surface area contributed by atoms with Crippen molar-refractivity contribution < 1.29 is 9.90 Å². The van der Waals surface area contributed by atoms with E-state index in [1.165, 1.54) is 28.6 Å². The lowest BCUT2D eigenvalue weighted by molar-refractivity contribution is -0.142. The number of nitrogens with zero attached hydrogens (tertiary/aromatic N) is 1. The second-order valence-electron chi connectivity index (χ2n) is 4.92. The summed E-state index contributed by atoms with van der Waals surface area (Å²) in [6.07, 6.45) is 0. The Labute approximate surface area is 125 Å². The molecule has 106 valence electrons. The summed E-state index contributed by atoms with van der Waals surface area (Å²) >= 11 is 5.48. The number of thioether (sulfide) groups is 2. The minimum Gasteiger partial charge on any atom is -0.481 e. The second kappa shape index (κ2) is 6.37. The summed E-state index contributed by atoms with van der Waals surface area (Å²) in [5.74, 6) is 2.79. The highest BCUT2D eigenvalue weighted by molar-refractivity contribution is 8.06. The van der Waals surface area contributed by atoms with Crippen LogP contribution >= 0.6 is 34.9 Å². The van der Waals surface area contributed by atoms with Crippen molar-refractivity contribution >= 4 is 46.0 Å². The van der Waals surface area contributed by atoms with Crippen LogP contribution in [-0.4, -0.2) is 45.1 Å². The van der Waals surface area contributed by atoms with E-state index in [2.05, 4.69) is 10.3 Å². The molecule has 1 atom stereocenters. The van der Waals surface area contributed by atoms with Crippen molar-refractivity contribution in [2.45, 2.75) is 24.5 Å². The first kappa shape index (κ1) is 15.0. The lowest BCUT2D eigenvalue weighted by Gasteiger charge is -2.21. The number of carboxylic acid groups (broad SMARTS) is 1. The van der Waals surface area contributed by atoms with Gasteiger partial charge in [-0.2, -0.15) is 23.5 Å². The summed E-state index contributed by atoms with van der Waals surface area (Å²) in [4.78, 5) is 15.6. The van der Waals surface area contributed by atoms with Gasteiger partial charge in [0, 0.05) is 34.4 Å². The zero-order chi connectivity index (χ0) is 13.9. The Bertz CT molecular complexity index is 442. The van der Waals surface area contributed by atoms with Crippen molar-refractivity contribution in [1.82, 2.24) is 4.98 Å². The average molecular weight is 318 g/mol. The first-order valence-electron chi connectivity index (χ1n) is 6.13. The quantitative estimate of drug-likeness (QED) is 0.870. The molecule has 19 heavy (non-hydrogen) atoms. The van der Waals surface area contributed by atoms with Gasteiger partial charge in [0.2, 0.25) is 0 Å². The van der Waals surface area contributed by atoms with E-state index in [9.17, 15) is 9.90 Å². The summed E-state index contributed by atoms with van der Waals surface area (Å²) < 4.78 is 0. The van der Waals surface area contributed by atoms with Gasteiger partial charge in [-0.05, 0) is 13.8 Å². The third-order valence-electron chi connectivity index (χ3n) is 3.05. The molecule has 0 aromatic carbocycles. The molecule has 0 radical (unpaired) electrons. The first-order chi connectivity index (χ1) is 9.00. The molecule has 0 saturated carbocycles. The first-order valence-corrected chi connectivity index (χ1v) is 9.21. The highest BCUT2D eigenvalue weighted by Gasteiger charge is 2.32. The van der Waals surface area contributed by atoms with E-state index in [1.807, 2.05) is 28.9 Å². The molecular weight excluding hydrogens is 300 g/mol. The smallest absolute Gasteiger partial charge is 0.315 e. The monoisotopic (exact) mass is 318 g/mol. The predicted molar refractivity (Wildman–Crippen MR) is 84.8 cm³/mol. The zero-order valence-corrected chi connectivity index (χ0v) is 13.5. The Hall–Kier alpha value is -0.400. The summed E-state index contributed by atoms with van der Waals surface area (Å²) in [6, 6.07) is 0. The van der Waals surface area contributed by atoms with Crippen LogP contribution in [-0.2, 0) is 10.2 Å². The number of carbonyl (C=O) groups is 1. The van der Waals surface area contributed by atoms with Crippen LogP contribution < -0.4 is 5.32 Å². The van der Waals surface area contributed by atoms with E-state index in [-0.39, 0.29) is 0 Å². The van der Waals surface area contributed by atoms with Gasteiger partial charge < -0.3 is 10.4 Å². The molecule has 4 nitrogen and oxygen atoms in total. The fourth-order valence-electron chi connectivity index (χ4n) is 1.61. The molecule has 2 heterocycles. The normalized spacial score (nSPS) is 20.2. The molecule has 1 fully saturated rings. The molecule has 1 unspecified atom stereocenters. The van der Waals surface area contributed by atoms with Gasteiger partial charge in [-0.15, -0.1) is 11.3 Å². The maximum absolute atomic E-state index is 11.2. The molecular formula is C12H18N2O2S3. The van der Waals surface area contributed by atoms with Crippen molar-refractivity contribution in [2.24, 2.45) is 0 Å². The van der Waals surface area contributed by atoms with Gasteiger partial charge in [0.15, 0.2) is 5.13 Å². The van der Waals surface area contributed by atoms with E-state index in [0.717, 1.165) is 11.7 Å². The van der Waals surface area contributed by atoms with Crippen LogP contribution in [0.1, 0.15) is 19.5 Å². The molecule has 1 saturated heterocycles. The van der Waals surface area contributed by atoms with Crippen LogP contribution in [0.25, 0.3) is 0 Å². The SMILES string of the molecule is CC(C)(C(=O)O)c1csc(NCC2CSCCS2)n1. The van der Waals surface area contributed by atoms with Gasteiger partial charge in [0.25, 0.3) is 0 Å². The van der Waals surface area contributed by atoms with Crippen LogP contribution in [0.15, 0.2) is 5.38 Å². The number of rotatable bonds is 5. The Kier molecular flexibility index (Phi) is 5.03. The standard InChI is InChI=1S/C12H18N2O2S3/c1-12(2,10(15)16)9-7-19-11(14-9)13-5-8-6-17-3-4-18-8/h7-8H,3-6H2,1-2H3,(H,13,14)(H,15,16). The van der Waals surface area contributed by atoms with Gasteiger partial charge in [-0.3, -0.25) is 4.79 Å². The Morgan fingerprint density at radius 3 is 3.00 bits per heavy atom. The average Bonchev–Trinajstić information content (AvgIpc) is 2.87. The third kappa shape index (κ3) is 3.79.